The molecule has 134 valence electrons. The highest BCUT2D eigenvalue weighted by molar-refractivity contribution is 7.89. The van der Waals surface area contributed by atoms with Crippen LogP contribution in [0.4, 0.5) is 14.7 Å². The van der Waals surface area contributed by atoms with Crippen LogP contribution in [-0.4, -0.2) is 44.7 Å². The van der Waals surface area contributed by atoms with E-state index >= 15 is 0 Å². The summed E-state index contributed by atoms with van der Waals surface area (Å²) < 4.78 is 58.5. The van der Waals surface area contributed by atoms with Gasteiger partial charge in [-0.2, -0.15) is 0 Å². The average molecular weight is 370 g/mol. The SMILES string of the molecule is O=S(=O)(NCc1ccnc(N2CCOCC2)n1)c1ccc(F)cc1F. The fraction of sp³-hybridized carbons (Fsp3) is 0.333. The van der Waals surface area contributed by atoms with E-state index in [-0.39, 0.29) is 6.54 Å². The third-order valence-corrected chi connectivity index (χ3v) is 5.06. The topological polar surface area (TPSA) is 84.4 Å². The molecule has 0 aliphatic carbocycles. The molecule has 1 N–H and O–H groups in total. The number of anilines is 1. The van der Waals surface area contributed by atoms with Gasteiger partial charge in [-0.25, -0.2) is 31.9 Å². The van der Waals surface area contributed by atoms with E-state index in [1.165, 1.54) is 6.20 Å². The molecule has 0 radical (unpaired) electrons. The Balaban J connectivity index is 1.72. The molecule has 1 saturated heterocycles. The van der Waals surface area contributed by atoms with Gasteiger partial charge in [-0.1, -0.05) is 0 Å². The number of morpholine rings is 1. The number of nitrogens with one attached hydrogen (secondary N) is 1. The van der Waals surface area contributed by atoms with E-state index in [0.29, 0.717) is 44.0 Å². The van der Waals surface area contributed by atoms with Crippen molar-refractivity contribution in [2.45, 2.75) is 11.4 Å². The molecule has 2 aromatic rings. The normalized spacial score (nSPS) is 15.4. The van der Waals surface area contributed by atoms with Crippen molar-refractivity contribution >= 4 is 16.0 Å². The summed E-state index contributed by atoms with van der Waals surface area (Å²) in [7, 11) is -4.13. The largest absolute Gasteiger partial charge is 0.378 e. The van der Waals surface area contributed by atoms with Crippen LogP contribution in [0.3, 0.4) is 0 Å². The molecular weight excluding hydrogens is 354 g/mol. The molecule has 7 nitrogen and oxygen atoms in total. The van der Waals surface area contributed by atoms with Crippen molar-refractivity contribution in [3.63, 3.8) is 0 Å². The van der Waals surface area contributed by atoms with Crippen LogP contribution in [-0.2, 0) is 21.3 Å². The fourth-order valence-electron chi connectivity index (χ4n) is 2.34. The minimum atomic E-state index is -4.13. The maximum Gasteiger partial charge on any atom is 0.243 e. The molecule has 1 aliphatic heterocycles. The van der Waals surface area contributed by atoms with Gasteiger partial charge in [-0.05, 0) is 18.2 Å². The Labute approximate surface area is 143 Å². The Hall–Kier alpha value is -2.17. The van der Waals surface area contributed by atoms with Crippen molar-refractivity contribution in [2.24, 2.45) is 0 Å². The lowest BCUT2D eigenvalue weighted by Gasteiger charge is -2.26. The summed E-state index contributed by atoms with van der Waals surface area (Å²) in [5.41, 5.74) is 0.433. The third kappa shape index (κ3) is 4.27. The summed E-state index contributed by atoms with van der Waals surface area (Å²) in [5, 5.41) is 0. The van der Waals surface area contributed by atoms with E-state index in [1.54, 1.807) is 6.07 Å². The first-order valence-corrected chi connectivity index (χ1v) is 9.03. The molecule has 0 spiro atoms. The molecule has 10 heteroatoms. The standard InChI is InChI=1S/C15H16F2N4O3S/c16-11-1-2-14(13(17)9-11)25(22,23)19-10-12-3-4-18-15(20-12)21-5-7-24-8-6-21/h1-4,9,19H,5-8,10H2. The van der Waals surface area contributed by atoms with Gasteiger partial charge >= 0.3 is 0 Å². The molecule has 0 atom stereocenters. The van der Waals surface area contributed by atoms with Crippen LogP contribution >= 0.6 is 0 Å². The minimum absolute atomic E-state index is 0.140. The van der Waals surface area contributed by atoms with E-state index < -0.39 is 26.6 Å². The van der Waals surface area contributed by atoms with Crippen LogP contribution in [0.25, 0.3) is 0 Å². The molecule has 1 aromatic heterocycles. The molecule has 1 fully saturated rings. The van der Waals surface area contributed by atoms with Crippen LogP contribution < -0.4 is 9.62 Å². The van der Waals surface area contributed by atoms with E-state index in [1.807, 2.05) is 4.90 Å². The summed E-state index contributed by atoms with van der Waals surface area (Å²) in [4.78, 5) is 9.80. The van der Waals surface area contributed by atoms with Gasteiger partial charge in [0.2, 0.25) is 16.0 Å². The van der Waals surface area contributed by atoms with Crippen molar-refractivity contribution in [3.8, 4) is 0 Å². The summed E-state index contributed by atoms with van der Waals surface area (Å²) in [6.45, 7) is 2.30. The molecular formula is C15H16F2N4O3S. The highest BCUT2D eigenvalue weighted by atomic mass is 32.2. The Morgan fingerprint density at radius 1 is 1.20 bits per heavy atom. The lowest BCUT2D eigenvalue weighted by atomic mass is 10.3. The molecule has 0 saturated carbocycles. The Kier molecular flexibility index (Phi) is 5.21. The molecule has 0 amide bonds. The van der Waals surface area contributed by atoms with Crippen LogP contribution in [0.1, 0.15) is 5.69 Å². The quantitative estimate of drug-likeness (QED) is 0.848. The van der Waals surface area contributed by atoms with Gasteiger partial charge in [-0.15, -0.1) is 0 Å². The lowest BCUT2D eigenvalue weighted by Crippen LogP contribution is -2.37. The second kappa shape index (κ2) is 7.38. The van der Waals surface area contributed by atoms with Crippen molar-refractivity contribution in [2.75, 3.05) is 31.2 Å². The van der Waals surface area contributed by atoms with Gasteiger partial charge in [0, 0.05) is 25.4 Å². The number of ether oxygens (including phenoxy) is 1. The molecule has 25 heavy (non-hydrogen) atoms. The van der Waals surface area contributed by atoms with Gasteiger partial charge in [0.25, 0.3) is 0 Å². The second-order valence-electron chi connectivity index (χ2n) is 5.35. The molecule has 2 heterocycles. The van der Waals surface area contributed by atoms with Crippen LogP contribution in [0.2, 0.25) is 0 Å². The number of hydrogen-bond donors (Lipinski definition) is 1. The average Bonchev–Trinajstić information content (AvgIpc) is 2.61. The van der Waals surface area contributed by atoms with Crippen LogP contribution in [0.5, 0.6) is 0 Å². The summed E-state index contributed by atoms with van der Waals surface area (Å²) in [6, 6.07) is 3.86. The smallest absolute Gasteiger partial charge is 0.243 e. The van der Waals surface area contributed by atoms with Gasteiger partial charge in [-0.3, -0.25) is 0 Å². The third-order valence-electron chi connectivity index (χ3n) is 3.62. The molecule has 1 aliphatic rings. The summed E-state index contributed by atoms with van der Waals surface area (Å²) in [6.07, 6.45) is 1.53. The number of nitrogens with zero attached hydrogens (tertiary/aromatic N) is 3. The monoisotopic (exact) mass is 370 g/mol. The van der Waals surface area contributed by atoms with Crippen LogP contribution in [0, 0.1) is 11.6 Å². The molecule has 0 unspecified atom stereocenters. The van der Waals surface area contributed by atoms with E-state index in [0.717, 1.165) is 12.1 Å². The Morgan fingerprint density at radius 2 is 1.96 bits per heavy atom. The van der Waals surface area contributed by atoms with Crippen LogP contribution in [0.15, 0.2) is 35.4 Å². The first-order chi connectivity index (χ1) is 12.0. The number of hydrogen-bond acceptors (Lipinski definition) is 6. The van der Waals surface area contributed by atoms with E-state index in [4.69, 9.17) is 4.74 Å². The van der Waals surface area contributed by atoms with Crippen molar-refractivity contribution in [1.82, 2.24) is 14.7 Å². The maximum absolute atomic E-state index is 13.7. The zero-order chi connectivity index (χ0) is 17.9. The molecule has 1 aromatic carbocycles. The highest BCUT2D eigenvalue weighted by Crippen LogP contribution is 2.16. The first-order valence-electron chi connectivity index (χ1n) is 7.55. The number of halogens is 2. The summed E-state index contributed by atoms with van der Waals surface area (Å²) in [5.74, 6) is -1.51. The molecule has 0 bridgehead atoms. The van der Waals surface area contributed by atoms with Gasteiger partial charge < -0.3 is 9.64 Å². The zero-order valence-corrected chi connectivity index (χ0v) is 14.0. The first kappa shape index (κ1) is 17.6. The van der Waals surface area contributed by atoms with Crippen molar-refractivity contribution in [3.05, 3.63) is 47.8 Å². The zero-order valence-electron chi connectivity index (χ0n) is 13.2. The number of aromatic nitrogens is 2. The fourth-order valence-corrected chi connectivity index (χ4v) is 3.39. The minimum Gasteiger partial charge on any atom is -0.378 e. The van der Waals surface area contributed by atoms with Crippen molar-refractivity contribution < 1.29 is 21.9 Å². The van der Waals surface area contributed by atoms with Crippen molar-refractivity contribution in [1.29, 1.82) is 0 Å². The second-order valence-corrected chi connectivity index (χ2v) is 7.08. The predicted molar refractivity (Wildman–Crippen MR) is 85.4 cm³/mol. The lowest BCUT2D eigenvalue weighted by molar-refractivity contribution is 0.122. The summed E-state index contributed by atoms with van der Waals surface area (Å²) >= 11 is 0. The Bertz CT molecular complexity index is 858. The number of benzene rings is 1. The molecule has 3 rings (SSSR count). The van der Waals surface area contributed by atoms with Gasteiger partial charge in [0.1, 0.15) is 16.5 Å². The maximum atomic E-state index is 13.7. The van der Waals surface area contributed by atoms with Gasteiger partial charge in [0.15, 0.2) is 0 Å². The Morgan fingerprint density at radius 3 is 2.68 bits per heavy atom. The predicted octanol–water partition coefficient (Wildman–Crippen LogP) is 1.07. The van der Waals surface area contributed by atoms with Gasteiger partial charge in [0.05, 0.1) is 25.5 Å². The number of rotatable bonds is 5. The van der Waals surface area contributed by atoms with E-state index in [2.05, 4.69) is 14.7 Å². The number of sulfonamides is 1. The highest BCUT2D eigenvalue weighted by Gasteiger charge is 2.20. The van der Waals surface area contributed by atoms with E-state index in [9.17, 15) is 17.2 Å².